The van der Waals surface area contributed by atoms with E-state index in [0.717, 1.165) is 29.4 Å². The first-order valence-electron chi connectivity index (χ1n) is 8.60. The molecular formula is C18H21F3N4OS. The van der Waals surface area contributed by atoms with Crippen LogP contribution in [0.25, 0.3) is 11.3 Å². The second-order valence-corrected chi connectivity index (χ2v) is 7.41. The predicted molar refractivity (Wildman–Crippen MR) is 98.5 cm³/mol. The Balaban J connectivity index is 1.75. The molecule has 0 atom stereocenters. The highest BCUT2D eigenvalue weighted by Crippen LogP contribution is 2.30. The highest BCUT2D eigenvalue weighted by Gasteiger charge is 2.31. The van der Waals surface area contributed by atoms with Crippen LogP contribution in [0.3, 0.4) is 0 Å². The molecule has 3 rings (SSSR count). The summed E-state index contributed by atoms with van der Waals surface area (Å²) in [6.07, 6.45) is -2.94. The van der Waals surface area contributed by atoms with Crippen molar-refractivity contribution in [2.45, 2.75) is 17.9 Å². The minimum absolute atomic E-state index is 0.0732. The highest BCUT2D eigenvalue weighted by atomic mass is 32.2. The van der Waals surface area contributed by atoms with Crippen molar-refractivity contribution in [2.75, 3.05) is 39.0 Å². The minimum atomic E-state index is -4.37. The van der Waals surface area contributed by atoms with Gasteiger partial charge in [0.2, 0.25) is 5.91 Å². The number of amides is 1. The third-order valence-electron chi connectivity index (χ3n) is 4.41. The van der Waals surface area contributed by atoms with E-state index in [1.807, 2.05) is 7.05 Å². The normalized spacial score (nSPS) is 15.9. The Morgan fingerprint density at radius 3 is 2.44 bits per heavy atom. The van der Waals surface area contributed by atoms with Crippen LogP contribution in [0.2, 0.25) is 0 Å². The largest absolute Gasteiger partial charge is 0.406 e. The number of thioether (sulfide) groups is 1. The molecule has 0 unspecified atom stereocenters. The Labute approximate surface area is 160 Å². The van der Waals surface area contributed by atoms with Crippen molar-refractivity contribution in [3.63, 3.8) is 0 Å². The summed E-state index contributed by atoms with van der Waals surface area (Å²) in [6.45, 7) is 1.75. The second-order valence-electron chi connectivity index (χ2n) is 6.47. The van der Waals surface area contributed by atoms with Crippen LogP contribution in [0.15, 0.2) is 41.7 Å². The molecule has 0 aliphatic carbocycles. The van der Waals surface area contributed by atoms with Crippen molar-refractivity contribution in [3.05, 3.63) is 36.5 Å². The molecule has 146 valence electrons. The number of hydrogen-bond donors (Lipinski definition) is 0. The Kier molecular flexibility index (Phi) is 6.11. The molecule has 1 aromatic heterocycles. The standard InChI is InChI=1S/C18H21F3N4OS/c1-23-7-9-24(10-8-23)16(26)12-27-17-22-11-15(14-5-3-2-4-6-14)25(17)13-18(19,20)21/h2-6,11H,7-10,12-13H2,1H3. The van der Waals surface area contributed by atoms with Crippen LogP contribution in [0, 0.1) is 0 Å². The zero-order chi connectivity index (χ0) is 19.4. The number of piperazine rings is 1. The first-order valence-corrected chi connectivity index (χ1v) is 9.59. The van der Waals surface area contributed by atoms with Crippen LogP contribution in [-0.2, 0) is 11.3 Å². The molecule has 1 aromatic carbocycles. The van der Waals surface area contributed by atoms with Crippen LogP contribution >= 0.6 is 11.8 Å². The molecule has 1 aliphatic heterocycles. The van der Waals surface area contributed by atoms with Gasteiger partial charge >= 0.3 is 6.18 Å². The second kappa shape index (κ2) is 8.35. The maximum Gasteiger partial charge on any atom is 0.406 e. The van der Waals surface area contributed by atoms with E-state index in [4.69, 9.17) is 0 Å². The zero-order valence-electron chi connectivity index (χ0n) is 14.9. The van der Waals surface area contributed by atoms with Crippen LogP contribution in [0.5, 0.6) is 0 Å². The Hall–Kier alpha value is -2.00. The van der Waals surface area contributed by atoms with E-state index in [2.05, 4.69) is 9.88 Å². The molecule has 1 fully saturated rings. The lowest BCUT2D eigenvalue weighted by atomic mass is 10.2. The van der Waals surface area contributed by atoms with Crippen LogP contribution in [0.1, 0.15) is 0 Å². The van der Waals surface area contributed by atoms with Gasteiger partial charge in [-0.05, 0) is 12.6 Å². The molecule has 1 amide bonds. The average molecular weight is 398 g/mol. The molecule has 0 radical (unpaired) electrons. The smallest absolute Gasteiger partial charge is 0.339 e. The van der Waals surface area contributed by atoms with E-state index in [0.29, 0.717) is 24.3 Å². The summed E-state index contributed by atoms with van der Waals surface area (Å²) in [4.78, 5) is 20.4. The number of benzene rings is 1. The summed E-state index contributed by atoms with van der Waals surface area (Å²) < 4.78 is 40.4. The maximum absolute atomic E-state index is 13.1. The van der Waals surface area contributed by atoms with Crippen molar-refractivity contribution >= 4 is 17.7 Å². The van der Waals surface area contributed by atoms with E-state index in [9.17, 15) is 18.0 Å². The molecule has 0 saturated carbocycles. The number of imidazole rings is 1. The summed E-state index contributed by atoms with van der Waals surface area (Å²) in [7, 11) is 2.00. The lowest BCUT2D eigenvalue weighted by Gasteiger charge is -2.32. The molecule has 5 nitrogen and oxygen atoms in total. The van der Waals surface area contributed by atoms with Crippen molar-refractivity contribution in [1.82, 2.24) is 19.4 Å². The zero-order valence-corrected chi connectivity index (χ0v) is 15.8. The fraction of sp³-hybridized carbons (Fsp3) is 0.444. The molecule has 1 saturated heterocycles. The fourth-order valence-electron chi connectivity index (χ4n) is 2.92. The number of rotatable bonds is 5. The monoisotopic (exact) mass is 398 g/mol. The molecule has 1 aliphatic rings. The van der Waals surface area contributed by atoms with Gasteiger partial charge in [0.05, 0.1) is 17.6 Å². The van der Waals surface area contributed by atoms with Gasteiger partial charge in [0.1, 0.15) is 6.54 Å². The number of carbonyl (C=O) groups excluding carboxylic acids is 1. The van der Waals surface area contributed by atoms with Crippen LogP contribution < -0.4 is 0 Å². The van der Waals surface area contributed by atoms with Gasteiger partial charge in [0.15, 0.2) is 5.16 Å². The lowest BCUT2D eigenvalue weighted by molar-refractivity contribution is -0.141. The van der Waals surface area contributed by atoms with E-state index >= 15 is 0 Å². The van der Waals surface area contributed by atoms with Gasteiger partial charge in [-0.25, -0.2) is 4.98 Å². The van der Waals surface area contributed by atoms with Gasteiger partial charge in [0, 0.05) is 26.2 Å². The van der Waals surface area contributed by atoms with Gasteiger partial charge in [-0.15, -0.1) is 0 Å². The summed E-state index contributed by atoms with van der Waals surface area (Å²) in [5.74, 6) is 0.00298. The molecule has 27 heavy (non-hydrogen) atoms. The molecule has 0 bridgehead atoms. The third-order valence-corrected chi connectivity index (χ3v) is 5.38. The lowest BCUT2D eigenvalue weighted by Crippen LogP contribution is -2.47. The van der Waals surface area contributed by atoms with Crippen molar-refractivity contribution in [3.8, 4) is 11.3 Å². The van der Waals surface area contributed by atoms with Crippen molar-refractivity contribution in [2.24, 2.45) is 0 Å². The number of hydrogen-bond acceptors (Lipinski definition) is 4. The Bertz CT molecular complexity index is 771. The van der Waals surface area contributed by atoms with Crippen molar-refractivity contribution < 1.29 is 18.0 Å². The number of aromatic nitrogens is 2. The Morgan fingerprint density at radius 2 is 1.81 bits per heavy atom. The van der Waals surface area contributed by atoms with Gasteiger partial charge in [-0.3, -0.25) is 4.79 Å². The maximum atomic E-state index is 13.1. The highest BCUT2D eigenvalue weighted by molar-refractivity contribution is 7.99. The molecule has 2 heterocycles. The van der Waals surface area contributed by atoms with E-state index in [-0.39, 0.29) is 16.8 Å². The predicted octanol–water partition coefficient (Wildman–Crippen LogP) is 2.98. The third kappa shape index (κ3) is 5.26. The number of alkyl halides is 3. The van der Waals surface area contributed by atoms with E-state index < -0.39 is 12.7 Å². The molecular weight excluding hydrogens is 377 g/mol. The molecule has 0 spiro atoms. The first kappa shape index (κ1) is 19.8. The number of carbonyl (C=O) groups is 1. The molecule has 2 aromatic rings. The summed E-state index contributed by atoms with van der Waals surface area (Å²) in [5, 5.41) is 0.202. The average Bonchev–Trinajstić information content (AvgIpc) is 3.02. The minimum Gasteiger partial charge on any atom is -0.339 e. The topological polar surface area (TPSA) is 41.4 Å². The first-order chi connectivity index (χ1) is 12.8. The Morgan fingerprint density at radius 1 is 1.15 bits per heavy atom. The van der Waals surface area contributed by atoms with Gasteiger partial charge < -0.3 is 14.4 Å². The molecule has 9 heteroatoms. The molecule has 0 N–H and O–H groups in total. The van der Waals surface area contributed by atoms with Gasteiger partial charge in [-0.1, -0.05) is 42.1 Å². The number of nitrogens with zero attached hydrogens (tertiary/aromatic N) is 4. The van der Waals surface area contributed by atoms with E-state index in [1.54, 1.807) is 35.2 Å². The quantitative estimate of drug-likeness (QED) is 0.727. The fourth-order valence-corrected chi connectivity index (χ4v) is 3.80. The summed E-state index contributed by atoms with van der Waals surface area (Å²) >= 11 is 1.05. The summed E-state index contributed by atoms with van der Waals surface area (Å²) in [6, 6.07) is 8.83. The van der Waals surface area contributed by atoms with Crippen LogP contribution in [0.4, 0.5) is 13.2 Å². The van der Waals surface area contributed by atoms with Crippen LogP contribution in [-0.4, -0.2) is 70.4 Å². The van der Waals surface area contributed by atoms with Gasteiger partial charge in [0.25, 0.3) is 0 Å². The van der Waals surface area contributed by atoms with Crippen molar-refractivity contribution in [1.29, 1.82) is 0 Å². The number of likely N-dealkylation sites (N-methyl/N-ethyl adjacent to an activating group) is 1. The van der Waals surface area contributed by atoms with E-state index in [1.165, 1.54) is 6.20 Å². The number of halogens is 3. The summed E-state index contributed by atoms with van der Waals surface area (Å²) in [5.41, 5.74) is 1.05. The SMILES string of the molecule is CN1CCN(C(=O)CSc2ncc(-c3ccccc3)n2CC(F)(F)F)CC1. The van der Waals surface area contributed by atoms with Gasteiger partial charge in [-0.2, -0.15) is 13.2 Å².